The van der Waals surface area contributed by atoms with Crippen LogP contribution in [0.25, 0.3) is 0 Å². The van der Waals surface area contributed by atoms with Crippen LogP contribution in [0, 0.1) is 17.3 Å². The summed E-state index contributed by atoms with van der Waals surface area (Å²) in [5.41, 5.74) is 1.13. The lowest BCUT2D eigenvalue weighted by Crippen LogP contribution is -1.98. The molecule has 0 saturated carbocycles. The standard InChI is InChI=1S/C14H18OS/c1-6-11-9-12(7-8-14(3,4)5)16-13(11)10(2)15/h9H,6H2,1-5H3. The number of hydrogen-bond acceptors (Lipinski definition) is 2. The third kappa shape index (κ3) is 3.50. The Morgan fingerprint density at radius 3 is 2.44 bits per heavy atom. The maximum Gasteiger partial charge on any atom is 0.170 e. The predicted molar refractivity (Wildman–Crippen MR) is 70.0 cm³/mol. The Labute approximate surface area is 102 Å². The van der Waals surface area contributed by atoms with Crippen molar-refractivity contribution in [2.24, 2.45) is 5.41 Å². The molecule has 0 fully saturated rings. The van der Waals surface area contributed by atoms with E-state index in [4.69, 9.17) is 0 Å². The van der Waals surface area contributed by atoms with Gasteiger partial charge in [-0.2, -0.15) is 0 Å². The van der Waals surface area contributed by atoms with Gasteiger partial charge in [0.1, 0.15) is 0 Å². The van der Waals surface area contributed by atoms with E-state index in [2.05, 4.69) is 39.5 Å². The number of aryl methyl sites for hydroxylation is 1. The molecule has 1 rings (SSSR count). The second-order valence-electron chi connectivity index (χ2n) is 4.87. The van der Waals surface area contributed by atoms with Crippen LogP contribution in [0.2, 0.25) is 0 Å². The van der Waals surface area contributed by atoms with Crippen LogP contribution in [0.3, 0.4) is 0 Å². The summed E-state index contributed by atoms with van der Waals surface area (Å²) in [4.78, 5) is 13.3. The van der Waals surface area contributed by atoms with E-state index in [0.717, 1.165) is 21.7 Å². The molecule has 0 aliphatic heterocycles. The Balaban J connectivity index is 3.08. The summed E-state index contributed by atoms with van der Waals surface area (Å²) in [5, 5.41) is 0. The fourth-order valence-corrected chi connectivity index (χ4v) is 2.30. The summed E-state index contributed by atoms with van der Waals surface area (Å²) < 4.78 is 0. The zero-order valence-electron chi connectivity index (χ0n) is 10.6. The molecule has 1 aromatic heterocycles. The Morgan fingerprint density at radius 2 is 2.06 bits per heavy atom. The van der Waals surface area contributed by atoms with Crippen molar-refractivity contribution in [3.63, 3.8) is 0 Å². The first-order chi connectivity index (χ1) is 7.33. The van der Waals surface area contributed by atoms with Gasteiger partial charge < -0.3 is 0 Å². The molecule has 0 aliphatic rings. The molecule has 2 heteroatoms. The van der Waals surface area contributed by atoms with Gasteiger partial charge in [-0.25, -0.2) is 0 Å². The summed E-state index contributed by atoms with van der Waals surface area (Å²) in [7, 11) is 0. The number of thiophene rings is 1. The van der Waals surface area contributed by atoms with Gasteiger partial charge in [0.15, 0.2) is 5.78 Å². The van der Waals surface area contributed by atoms with Crippen LogP contribution in [0.5, 0.6) is 0 Å². The van der Waals surface area contributed by atoms with Gasteiger partial charge >= 0.3 is 0 Å². The van der Waals surface area contributed by atoms with E-state index in [1.807, 2.05) is 6.07 Å². The molecule has 16 heavy (non-hydrogen) atoms. The smallest absolute Gasteiger partial charge is 0.170 e. The first-order valence-corrected chi connectivity index (χ1v) is 6.32. The first kappa shape index (κ1) is 13.0. The van der Waals surface area contributed by atoms with Gasteiger partial charge in [-0.1, -0.05) is 18.8 Å². The van der Waals surface area contributed by atoms with Gasteiger partial charge in [0.2, 0.25) is 0 Å². The topological polar surface area (TPSA) is 17.1 Å². The molecule has 86 valence electrons. The molecule has 0 bridgehead atoms. The molecule has 0 atom stereocenters. The number of hydrogen-bond donors (Lipinski definition) is 0. The lowest BCUT2D eigenvalue weighted by Gasteiger charge is -2.06. The van der Waals surface area contributed by atoms with Crippen molar-refractivity contribution >= 4 is 17.1 Å². The summed E-state index contributed by atoms with van der Waals surface area (Å²) >= 11 is 1.51. The highest BCUT2D eigenvalue weighted by molar-refractivity contribution is 7.14. The van der Waals surface area contributed by atoms with Crippen molar-refractivity contribution in [2.45, 2.75) is 41.0 Å². The van der Waals surface area contributed by atoms with E-state index < -0.39 is 0 Å². The van der Waals surface area contributed by atoms with Gasteiger partial charge in [0, 0.05) is 5.41 Å². The van der Waals surface area contributed by atoms with Crippen LogP contribution in [-0.4, -0.2) is 5.78 Å². The molecule has 0 amide bonds. The largest absolute Gasteiger partial charge is 0.294 e. The zero-order valence-corrected chi connectivity index (χ0v) is 11.4. The Bertz CT molecular complexity index is 449. The molecule has 0 N–H and O–H groups in total. The minimum Gasteiger partial charge on any atom is -0.294 e. The van der Waals surface area contributed by atoms with Gasteiger partial charge in [0.05, 0.1) is 9.75 Å². The molecule has 0 aliphatic carbocycles. The van der Waals surface area contributed by atoms with Crippen LogP contribution in [0.1, 0.15) is 54.7 Å². The minimum atomic E-state index is 0.00670. The van der Waals surface area contributed by atoms with Crippen LogP contribution >= 0.6 is 11.3 Å². The SMILES string of the molecule is CCc1cc(C#CC(C)(C)C)sc1C(C)=O. The average molecular weight is 234 g/mol. The molecule has 1 heterocycles. The molecule has 0 unspecified atom stereocenters. The Kier molecular flexibility index (Phi) is 3.93. The molecule has 1 nitrogen and oxygen atoms in total. The van der Waals surface area contributed by atoms with Gasteiger partial charge in [0.25, 0.3) is 0 Å². The fraction of sp³-hybridized carbons (Fsp3) is 0.500. The molecular formula is C14H18OS. The Morgan fingerprint density at radius 1 is 1.44 bits per heavy atom. The molecule has 0 saturated heterocycles. The Hall–Kier alpha value is -1.07. The lowest BCUT2D eigenvalue weighted by atomic mass is 9.98. The van der Waals surface area contributed by atoms with Crippen LogP contribution in [-0.2, 0) is 6.42 Å². The van der Waals surface area contributed by atoms with Gasteiger partial charge in [-0.3, -0.25) is 4.79 Å². The van der Waals surface area contributed by atoms with Crippen molar-refractivity contribution in [3.8, 4) is 11.8 Å². The maximum atomic E-state index is 11.4. The molecule has 0 aromatic carbocycles. The highest BCUT2D eigenvalue weighted by Crippen LogP contribution is 2.23. The number of carbonyl (C=O) groups excluding carboxylic acids is 1. The molecule has 1 aromatic rings. The number of ketones is 1. The molecule has 0 spiro atoms. The van der Waals surface area contributed by atoms with E-state index in [0.29, 0.717) is 0 Å². The van der Waals surface area contributed by atoms with E-state index in [9.17, 15) is 4.79 Å². The zero-order chi connectivity index (χ0) is 12.3. The molecular weight excluding hydrogens is 216 g/mol. The highest BCUT2D eigenvalue weighted by atomic mass is 32.1. The quantitative estimate of drug-likeness (QED) is 0.560. The molecule has 0 radical (unpaired) electrons. The van der Waals surface area contributed by atoms with E-state index in [1.54, 1.807) is 6.92 Å². The van der Waals surface area contributed by atoms with Crippen molar-refractivity contribution in [3.05, 3.63) is 21.4 Å². The highest BCUT2D eigenvalue weighted by Gasteiger charge is 2.11. The fourth-order valence-electron chi connectivity index (χ4n) is 1.30. The van der Waals surface area contributed by atoms with Crippen molar-refractivity contribution in [1.82, 2.24) is 0 Å². The van der Waals surface area contributed by atoms with Crippen LogP contribution in [0.4, 0.5) is 0 Å². The monoisotopic (exact) mass is 234 g/mol. The second-order valence-corrected chi connectivity index (χ2v) is 5.93. The number of carbonyl (C=O) groups is 1. The van der Waals surface area contributed by atoms with Gasteiger partial charge in [-0.15, -0.1) is 11.3 Å². The number of rotatable bonds is 2. The summed E-state index contributed by atoms with van der Waals surface area (Å²) in [5.74, 6) is 6.49. The summed E-state index contributed by atoms with van der Waals surface area (Å²) in [6, 6.07) is 2.04. The average Bonchev–Trinajstić information content (AvgIpc) is 2.56. The third-order valence-corrected chi connectivity index (χ3v) is 3.26. The first-order valence-electron chi connectivity index (χ1n) is 5.50. The van der Waals surface area contributed by atoms with E-state index in [1.165, 1.54) is 11.3 Å². The summed E-state index contributed by atoms with van der Waals surface area (Å²) in [6.45, 7) is 9.93. The number of Topliss-reactive ketones (excluding diaryl/α,β-unsaturated/α-hetero) is 1. The van der Waals surface area contributed by atoms with Crippen LogP contribution in [0.15, 0.2) is 6.07 Å². The van der Waals surface area contributed by atoms with E-state index in [-0.39, 0.29) is 11.2 Å². The predicted octanol–water partition coefficient (Wildman–Crippen LogP) is 3.91. The van der Waals surface area contributed by atoms with Gasteiger partial charge in [-0.05, 0) is 45.7 Å². The summed E-state index contributed by atoms with van der Waals surface area (Å²) in [6.07, 6.45) is 0.891. The minimum absolute atomic E-state index is 0.00670. The normalized spacial score (nSPS) is 10.8. The van der Waals surface area contributed by atoms with Crippen molar-refractivity contribution in [1.29, 1.82) is 0 Å². The van der Waals surface area contributed by atoms with Crippen molar-refractivity contribution < 1.29 is 4.79 Å². The second kappa shape index (κ2) is 4.84. The van der Waals surface area contributed by atoms with Crippen molar-refractivity contribution in [2.75, 3.05) is 0 Å². The van der Waals surface area contributed by atoms with Crippen LogP contribution < -0.4 is 0 Å². The third-order valence-electron chi connectivity index (χ3n) is 2.07. The van der Waals surface area contributed by atoms with E-state index >= 15 is 0 Å². The lowest BCUT2D eigenvalue weighted by molar-refractivity contribution is 0.102. The maximum absolute atomic E-state index is 11.4.